The average Bonchev–Trinajstić information content (AvgIpc) is 2.29. The van der Waals surface area contributed by atoms with Crippen LogP contribution in [0.5, 0.6) is 11.5 Å². The number of methoxy groups -OCH3 is 1. The number of unbranched alkanes of at least 4 members (excludes halogenated alkanes) is 1. The van der Waals surface area contributed by atoms with E-state index in [1.165, 1.54) is 7.11 Å². The van der Waals surface area contributed by atoms with Gasteiger partial charge in [-0.3, -0.25) is 4.79 Å². The summed E-state index contributed by atoms with van der Waals surface area (Å²) in [6, 6.07) is 4.92. The minimum atomic E-state index is -0.474. The van der Waals surface area contributed by atoms with Crippen molar-refractivity contribution in [2.75, 3.05) is 13.7 Å². The Balaban J connectivity index is 2.80. The molecule has 1 rings (SSSR count). The van der Waals surface area contributed by atoms with E-state index in [1.807, 2.05) is 0 Å². The quantitative estimate of drug-likeness (QED) is 0.750. The van der Waals surface area contributed by atoms with Crippen LogP contribution in [0.15, 0.2) is 18.2 Å². The van der Waals surface area contributed by atoms with Crippen LogP contribution in [0.1, 0.15) is 30.1 Å². The van der Waals surface area contributed by atoms with Gasteiger partial charge >= 0.3 is 0 Å². The normalized spacial score (nSPS) is 9.88. The van der Waals surface area contributed by atoms with Gasteiger partial charge in [-0.2, -0.15) is 0 Å². The van der Waals surface area contributed by atoms with Crippen LogP contribution in [0.3, 0.4) is 0 Å². The monoisotopic (exact) mass is 223 g/mol. The number of primary amides is 1. The molecular formula is C12H17NO3. The van der Waals surface area contributed by atoms with Crippen LogP contribution in [-0.2, 0) is 0 Å². The first kappa shape index (κ1) is 12.4. The number of hydrogen-bond acceptors (Lipinski definition) is 3. The third-order valence-electron chi connectivity index (χ3n) is 2.20. The summed E-state index contributed by atoms with van der Waals surface area (Å²) in [7, 11) is 1.53. The molecule has 0 aromatic heterocycles. The van der Waals surface area contributed by atoms with E-state index in [1.54, 1.807) is 18.2 Å². The number of benzene rings is 1. The van der Waals surface area contributed by atoms with Gasteiger partial charge in [0.1, 0.15) is 0 Å². The Labute approximate surface area is 95.3 Å². The second kappa shape index (κ2) is 6.00. The number of ether oxygens (including phenoxy) is 2. The molecule has 88 valence electrons. The molecular weight excluding hydrogens is 206 g/mol. The zero-order valence-corrected chi connectivity index (χ0v) is 9.66. The Bertz CT molecular complexity index is 363. The van der Waals surface area contributed by atoms with E-state index in [2.05, 4.69) is 6.92 Å². The average molecular weight is 223 g/mol. The van der Waals surface area contributed by atoms with Gasteiger partial charge in [-0.25, -0.2) is 0 Å². The number of carbonyl (C=O) groups is 1. The Morgan fingerprint density at radius 1 is 1.38 bits per heavy atom. The molecule has 1 amide bonds. The van der Waals surface area contributed by atoms with Gasteiger partial charge in [-0.05, 0) is 24.6 Å². The van der Waals surface area contributed by atoms with Crippen molar-refractivity contribution in [2.45, 2.75) is 19.8 Å². The molecule has 0 aliphatic rings. The fourth-order valence-electron chi connectivity index (χ4n) is 1.27. The zero-order valence-electron chi connectivity index (χ0n) is 9.66. The first-order valence-corrected chi connectivity index (χ1v) is 5.29. The molecule has 0 spiro atoms. The number of nitrogens with two attached hydrogens (primary N) is 1. The molecule has 0 bridgehead atoms. The van der Waals surface area contributed by atoms with E-state index in [0.717, 1.165) is 12.8 Å². The second-order valence-electron chi connectivity index (χ2n) is 3.43. The number of rotatable bonds is 6. The molecule has 2 N–H and O–H groups in total. The maximum absolute atomic E-state index is 11.0. The van der Waals surface area contributed by atoms with Crippen molar-refractivity contribution in [3.8, 4) is 11.5 Å². The lowest BCUT2D eigenvalue weighted by atomic mass is 10.2. The topological polar surface area (TPSA) is 61.5 Å². The van der Waals surface area contributed by atoms with Crippen LogP contribution in [0, 0.1) is 0 Å². The SMILES string of the molecule is CCCCOc1ccc(C(N)=O)cc1OC. The predicted octanol–water partition coefficient (Wildman–Crippen LogP) is 1.97. The summed E-state index contributed by atoms with van der Waals surface area (Å²) < 4.78 is 10.7. The van der Waals surface area contributed by atoms with Gasteiger partial charge in [0.05, 0.1) is 13.7 Å². The number of carbonyl (C=O) groups excluding carboxylic acids is 1. The molecule has 0 saturated carbocycles. The lowest BCUT2D eigenvalue weighted by Crippen LogP contribution is -2.11. The molecule has 0 saturated heterocycles. The Morgan fingerprint density at radius 3 is 2.69 bits per heavy atom. The largest absolute Gasteiger partial charge is 0.493 e. The molecule has 0 atom stereocenters. The zero-order chi connectivity index (χ0) is 12.0. The summed E-state index contributed by atoms with van der Waals surface area (Å²) in [5.41, 5.74) is 5.59. The smallest absolute Gasteiger partial charge is 0.248 e. The van der Waals surface area contributed by atoms with Gasteiger partial charge in [0.15, 0.2) is 11.5 Å². The summed E-state index contributed by atoms with van der Waals surface area (Å²) in [4.78, 5) is 11.0. The van der Waals surface area contributed by atoms with Crippen molar-refractivity contribution in [1.29, 1.82) is 0 Å². The number of amides is 1. The highest BCUT2D eigenvalue weighted by atomic mass is 16.5. The minimum Gasteiger partial charge on any atom is -0.493 e. The summed E-state index contributed by atoms with van der Waals surface area (Å²) in [6.07, 6.45) is 2.06. The van der Waals surface area contributed by atoms with Crippen molar-refractivity contribution in [3.05, 3.63) is 23.8 Å². The lowest BCUT2D eigenvalue weighted by molar-refractivity contribution is 0.1000. The summed E-state index contributed by atoms with van der Waals surface area (Å²) in [5.74, 6) is 0.701. The molecule has 0 aliphatic heterocycles. The predicted molar refractivity (Wildman–Crippen MR) is 61.9 cm³/mol. The Morgan fingerprint density at radius 2 is 2.12 bits per heavy atom. The third-order valence-corrected chi connectivity index (χ3v) is 2.20. The molecule has 0 fully saturated rings. The van der Waals surface area contributed by atoms with Gasteiger partial charge in [-0.15, -0.1) is 0 Å². The van der Waals surface area contributed by atoms with Crippen LogP contribution >= 0.6 is 0 Å². The molecule has 0 unspecified atom stereocenters. The molecule has 4 nitrogen and oxygen atoms in total. The molecule has 0 radical (unpaired) electrons. The maximum Gasteiger partial charge on any atom is 0.248 e. The lowest BCUT2D eigenvalue weighted by Gasteiger charge is -2.10. The van der Waals surface area contributed by atoms with E-state index in [4.69, 9.17) is 15.2 Å². The van der Waals surface area contributed by atoms with Crippen molar-refractivity contribution < 1.29 is 14.3 Å². The minimum absolute atomic E-state index is 0.416. The van der Waals surface area contributed by atoms with Gasteiger partial charge in [0.2, 0.25) is 5.91 Å². The summed E-state index contributed by atoms with van der Waals surface area (Å²) in [6.45, 7) is 2.74. The highest BCUT2D eigenvalue weighted by molar-refractivity contribution is 5.93. The summed E-state index contributed by atoms with van der Waals surface area (Å²) in [5, 5.41) is 0. The molecule has 4 heteroatoms. The van der Waals surface area contributed by atoms with Crippen LogP contribution < -0.4 is 15.2 Å². The van der Waals surface area contributed by atoms with Crippen molar-refractivity contribution in [1.82, 2.24) is 0 Å². The van der Waals surface area contributed by atoms with Crippen molar-refractivity contribution in [2.24, 2.45) is 5.73 Å². The van der Waals surface area contributed by atoms with E-state index in [0.29, 0.717) is 23.7 Å². The molecule has 1 aromatic rings. The van der Waals surface area contributed by atoms with E-state index < -0.39 is 5.91 Å². The van der Waals surface area contributed by atoms with E-state index >= 15 is 0 Å². The fourth-order valence-corrected chi connectivity index (χ4v) is 1.27. The third kappa shape index (κ3) is 3.15. The Hall–Kier alpha value is -1.71. The van der Waals surface area contributed by atoms with Gasteiger partial charge in [0.25, 0.3) is 0 Å². The number of hydrogen-bond donors (Lipinski definition) is 1. The van der Waals surface area contributed by atoms with Gasteiger partial charge in [-0.1, -0.05) is 13.3 Å². The van der Waals surface area contributed by atoms with Crippen LogP contribution in [-0.4, -0.2) is 19.6 Å². The van der Waals surface area contributed by atoms with Gasteiger partial charge in [0, 0.05) is 5.56 Å². The van der Waals surface area contributed by atoms with Crippen molar-refractivity contribution in [3.63, 3.8) is 0 Å². The second-order valence-corrected chi connectivity index (χ2v) is 3.43. The van der Waals surface area contributed by atoms with Crippen molar-refractivity contribution >= 4 is 5.91 Å². The fraction of sp³-hybridized carbons (Fsp3) is 0.417. The first-order chi connectivity index (χ1) is 7.69. The first-order valence-electron chi connectivity index (χ1n) is 5.29. The Kier molecular flexibility index (Phi) is 4.64. The van der Waals surface area contributed by atoms with Crippen LogP contribution in [0.2, 0.25) is 0 Å². The van der Waals surface area contributed by atoms with Gasteiger partial charge < -0.3 is 15.2 Å². The molecule has 16 heavy (non-hydrogen) atoms. The molecule has 1 aromatic carbocycles. The highest BCUT2D eigenvalue weighted by Crippen LogP contribution is 2.28. The molecule has 0 heterocycles. The van der Waals surface area contributed by atoms with Crippen LogP contribution in [0.4, 0.5) is 0 Å². The summed E-state index contributed by atoms with van der Waals surface area (Å²) >= 11 is 0. The van der Waals surface area contributed by atoms with E-state index in [9.17, 15) is 4.79 Å². The van der Waals surface area contributed by atoms with Crippen LogP contribution in [0.25, 0.3) is 0 Å². The highest BCUT2D eigenvalue weighted by Gasteiger charge is 2.08. The maximum atomic E-state index is 11.0. The molecule has 0 aliphatic carbocycles. The standard InChI is InChI=1S/C12H17NO3/c1-3-4-7-16-10-6-5-9(12(13)14)8-11(10)15-2/h5-6,8H,3-4,7H2,1-2H3,(H2,13,14). The van der Waals surface area contributed by atoms with E-state index in [-0.39, 0.29) is 0 Å².